The highest BCUT2D eigenvalue weighted by molar-refractivity contribution is 5.40. The highest BCUT2D eigenvalue weighted by Gasteiger charge is 2.30. The average molecular weight is 277 g/mol. The monoisotopic (exact) mass is 277 g/mol. The first-order valence-electron chi connectivity index (χ1n) is 7.72. The zero-order valence-corrected chi connectivity index (χ0v) is 12.9. The van der Waals surface area contributed by atoms with Crippen LogP contribution in [0.4, 0.5) is 0 Å². The van der Waals surface area contributed by atoms with Crippen LogP contribution in [0.2, 0.25) is 0 Å². The van der Waals surface area contributed by atoms with Crippen LogP contribution in [-0.4, -0.2) is 26.8 Å². The third-order valence-corrected chi connectivity index (χ3v) is 4.07. The van der Waals surface area contributed by atoms with Gasteiger partial charge >= 0.3 is 0 Å². The van der Waals surface area contributed by atoms with Crippen LogP contribution in [-0.2, 0) is 6.42 Å². The Labute approximate surface area is 122 Å². The smallest absolute Gasteiger partial charge is 0.125 e. The largest absolute Gasteiger partial charge is 0.497 e. The van der Waals surface area contributed by atoms with Crippen LogP contribution in [0, 0.1) is 5.92 Å². The molecule has 0 bridgehead atoms. The van der Waals surface area contributed by atoms with Gasteiger partial charge in [-0.05, 0) is 56.2 Å². The molecule has 1 aliphatic rings. The molecular weight excluding hydrogens is 250 g/mol. The second-order valence-electron chi connectivity index (χ2n) is 5.61. The van der Waals surface area contributed by atoms with Gasteiger partial charge in [0, 0.05) is 12.1 Å². The zero-order valence-electron chi connectivity index (χ0n) is 12.9. The molecule has 0 amide bonds. The standard InChI is InChI=1S/C17H27NO2/c1-4-11-18-16(13-5-6-13)10-8-14-7-9-15(19-2)12-17(14)20-3/h7,9,12-13,16,18H,4-6,8,10-11H2,1-3H3. The van der Waals surface area contributed by atoms with E-state index in [-0.39, 0.29) is 0 Å². The minimum atomic E-state index is 0.668. The SMILES string of the molecule is CCCNC(CCc1ccc(OC)cc1OC)C1CC1. The number of hydrogen-bond acceptors (Lipinski definition) is 3. The van der Waals surface area contributed by atoms with E-state index in [4.69, 9.17) is 9.47 Å². The molecule has 1 fully saturated rings. The minimum Gasteiger partial charge on any atom is -0.497 e. The van der Waals surface area contributed by atoms with Crippen molar-refractivity contribution in [2.24, 2.45) is 5.92 Å². The van der Waals surface area contributed by atoms with Crippen LogP contribution < -0.4 is 14.8 Å². The van der Waals surface area contributed by atoms with Crippen molar-refractivity contribution in [2.75, 3.05) is 20.8 Å². The zero-order chi connectivity index (χ0) is 14.4. The maximum Gasteiger partial charge on any atom is 0.125 e. The Morgan fingerprint density at radius 3 is 2.65 bits per heavy atom. The van der Waals surface area contributed by atoms with Crippen LogP contribution in [0.25, 0.3) is 0 Å². The summed E-state index contributed by atoms with van der Waals surface area (Å²) >= 11 is 0. The predicted octanol–water partition coefficient (Wildman–Crippen LogP) is 3.41. The van der Waals surface area contributed by atoms with Gasteiger partial charge in [0.25, 0.3) is 0 Å². The fourth-order valence-electron chi connectivity index (χ4n) is 2.70. The number of methoxy groups -OCH3 is 2. The van der Waals surface area contributed by atoms with Gasteiger partial charge in [-0.3, -0.25) is 0 Å². The van der Waals surface area contributed by atoms with Crippen molar-refractivity contribution in [1.29, 1.82) is 0 Å². The van der Waals surface area contributed by atoms with Gasteiger partial charge in [0.05, 0.1) is 14.2 Å². The van der Waals surface area contributed by atoms with Gasteiger partial charge in [0.15, 0.2) is 0 Å². The van der Waals surface area contributed by atoms with Gasteiger partial charge in [0.1, 0.15) is 11.5 Å². The Morgan fingerprint density at radius 2 is 2.05 bits per heavy atom. The number of rotatable bonds is 9. The quantitative estimate of drug-likeness (QED) is 0.750. The predicted molar refractivity (Wildman–Crippen MR) is 82.7 cm³/mol. The molecule has 1 aliphatic carbocycles. The first-order valence-corrected chi connectivity index (χ1v) is 7.72. The van der Waals surface area contributed by atoms with Crippen molar-refractivity contribution in [3.05, 3.63) is 23.8 Å². The highest BCUT2D eigenvalue weighted by atomic mass is 16.5. The molecule has 3 heteroatoms. The lowest BCUT2D eigenvalue weighted by molar-refractivity contribution is 0.387. The van der Waals surface area contributed by atoms with E-state index in [1.807, 2.05) is 12.1 Å². The van der Waals surface area contributed by atoms with E-state index in [2.05, 4.69) is 18.3 Å². The van der Waals surface area contributed by atoms with Crippen LogP contribution in [0.1, 0.15) is 38.2 Å². The molecule has 0 spiro atoms. The molecule has 0 heterocycles. The second-order valence-corrected chi connectivity index (χ2v) is 5.61. The van der Waals surface area contributed by atoms with E-state index in [1.165, 1.54) is 31.2 Å². The Hall–Kier alpha value is -1.22. The fourth-order valence-corrected chi connectivity index (χ4v) is 2.70. The molecule has 20 heavy (non-hydrogen) atoms. The molecule has 1 saturated carbocycles. The van der Waals surface area contributed by atoms with Crippen LogP contribution in [0.3, 0.4) is 0 Å². The molecule has 2 rings (SSSR count). The average Bonchev–Trinajstić information content (AvgIpc) is 3.32. The Morgan fingerprint density at radius 1 is 1.25 bits per heavy atom. The first kappa shape index (κ1) is 15.2. The van der Waals surface area contributed by atoms with Gasteiger partial charge in [-0.15, -0.1) is 0 Å². The van der Waals surface area contributed by atoms with Gasteiger partial charge in [-0.25, -0.2) is 0 Å². The third-order valence-electron chi connectivity index (χ3n) is 4.07. The summed E-state index contributed by atoms with van der Waals surface area (Å²) in [6, 6.07) is 6.79. The van der Waals surface area contributed by atoms with E-state index in [9.17, 15) is 0 Å². The molecule has 0 radical (unpaired) electrons. The van der Waals surface area contributed by atoms with Crippen molar-refractivity contribution < 1.29 is 9.47 Å². The second kappa shape index (κ2) is 7.53. The number of ether oxygens (including phenoxy) is 2. The Balaban J connectivity index is 1.94. The van der Waals surface area contributed by atoms with Crippen LogP contribution in [0.15, 0.2) is 18.2 Å². The van der Waals surface area contributed by atoms with Crippen molar-refractivity contribution in [1.82, 2.24) is 5.32 Å². The number of aryl methyl sites for hydroxylation is 1. The summed E-state index contributed by atoms with van der Waals surface area (Å²) in [5.74, 6) is 2.69. The minimum absolute atomic E-state index is 0.668. The summed E-state index contributed by atoms with van der Waals surface area (Å²) in [4.78, 5) is 0. The lowest BCUT2D eigenvalue weighted by Crippen LogP contribution is -2.32. The van der Waals surface area contributed by atoms with E-state index < -0.39 is 0 Å². The van der Waals surface area contributed by atoms with Crippen LogP contribution >= 0.6 is 0 Å². The maximum absolute atomic E-state index is 5.48. The van der Waals surface area contributed by atoms with E-state index >= 15 is 0 Å². The van der Waals surface area contributed by atoms with Crippen molar-refractivity contribution >= 4 is 0 Å². The molecule has 112 valence electrons. The van der Waals surface area contributed by atoms with E-state index in [0.29, 0.717) is 6.04 Å². The highest BCUT2D eigenvalue weighted by Crippen LogP contribution is 2.35. The fraction of sp³-hybridized carbons (Fsp3) is 0.647. The normalized spacial score (nSPS) is 15.9. The van der Waals surface area contributed by atoms with E-state index in [0.717, 1.165) is 30.4 Å². The molecule has 0 saturated heterocycles. The van der Waals surface area contributed by atoms with Crippen LogP contribution in [0.5, 0.6) is 11.5 Å². The number of hydrogen-bond donors (Lipinski definition) is 1. The molecular formula is C17H27NO2. The summed E-state index contributed by atoms with van der Waals surface area (Å²) in [7, 11) is 3.41. The lowest BCUT2D eigenvalue weighted by Gasteiger charge is -2.19. The molecule has 1 aromatic rings. The summed E-state index contributed by atoms with van der Waals surface area (Å²) in [6.45, 7) is 3.35. The molecule has 3 nitrogen and oxygen atoms in total. The van der Waals surface area contributed by atoms with Gasteiger partial charge in [0.2, 0.25) is 0 Å². The van der Waals surface area contributed by atoms with E-state index in [1.54, 1.807) is 14.2 Å². The first-order chi connectivity index (χ1) is 9.78. The molecule has 1 N–H and O–H groups in total. The molecule has 0 aromatic heterocycles. The van der Waals surface area contributed by atoms with Crippen molar-refractivity contribution in [3.63, 3.8) is 0 Å². The summed E-state index contributed by atoms with van der Waals surface area (Å²) < 4.78 is 10.7. The Kier molecular flexibility index (Phi) is 5.72. The number of nitrogens with one attached hydrogen (secondary N) is 1. The molecule has 0 aliphatic heterocycles. The summed E-state index contributed by atoms with van der Waals surface area (Å²) in [6.07, 6.45) is 6.23. The van der Waals surface area contributed by atoms with Crippen molar-refractivity contribution in [2.45, 2.75) is 45.1 Å². The Bertz CT molecular complexity index is 415. The van der Waals surface area contributed by atoms with Gasteiger partial charge in [-0.2, -0.15) is 0 Å². The topological polar surface area (TPSA) is 30.5 Å². The third kappa shape index (κ3) is 4.14. The molecule has 1 atom stereocenters. The molecule has 1 aromatic carbocycles. The summed E-state index contributed by atoms with van der Waals surface area (Å²) in [5, 5.41) is 3.70. The lowest BCUT2D eigenvalue weighted by atomic mass is 10.0. The van der Waals surface area contributed by atoms with Crippen molar-refractivity contribution in [3.8, 4) is 11.5 Å². The maximum atomic E-state index is 5.48. The van der Waals surface area contributed by atoms with Gasteiger partial charge < -0.3 is 14.8 Å². The van der Waals surface area contributed by atoms with Gasteiger partial charge in [-0.1, -0.05) is 13.0 Å². The number of benzene rings is 1. The molecule has 1 unspecified atom stereocenters. The summed E-state index contributed by atoms with van der Waals surface area (Å²) in [5.41, 5.74) is 1.28.